The molecule has 0 aliphatic carbocycles. The van der Waals surface area contributed by atoms with Crippen LogP contribution in [0.5, 0.6) is 0 Å². The van der Waals surface area contributed by atoms with E-state index in [1.807, 2.05) is 0 Å². The highest BCUT2D eigenvalue weighted by atomic mass is 31.2. The zero-order valence-corrected chi connectivity index (χ0v) is 17.7. The van der Waals surface area contributed by atoms with Gasteiger partial charge in [0.05, 0.1) is 24.6 Å². The fourth-order valence-electron chi connectivity index (χ4n) is 2.71. The van der Waals surface area contributed by atoms with Crippen LogP contribution in [0.1, 0.15) is 79.1 Å². The normalized spacial score (nSPS) is 11.4. The van der Waals surface area contributed by atoms with Crippen molar-refractivity contribution in [3.63, 3.8) is 0 Å². The van der Waals surface area contributed by atoms with E-state index in [0.29, 0.717) is 0 Å². The zero-order valence-electron chi connectivity index (χ0n) is 15.9. The molecule has 0 spiro atoms. The summed E-state index contributed by atoms with van der Waals surface area (Å²) < 4.78 is 13.3. The monoisotopic (exact) mass is 366 g/mol. The fraction of sp³-hybridized carbons (Fsp3) is 0.889. The first kappa shape index (κ1) is 25.3. The lowest BCUT2D eigenvalue weighted by Crippen LogP contribution is -2.12. The van der Waals surface area contributed by atoms with Crippen LogP contribution in [0, 0.1) is 0 Å². The van der Waals surface area contributed by atoms with Gasteiger partial charge in [-0.3, -0.25) is 0 Å². The van der Waals surface area contributed by atoms with Crippen LogP contribution in [0.15, 0.2) is 12.8 Å². The highest BCUT2D eigenvalue weighted by Gasteiger charge is 2.34. The van der Waals surface area contributed by atoms with Crippen LogP contribution in [0.3, 0.4) is 0 Å². The molecule has 0 amide bonds. The smallest absolute Gasteiger partial charge is 0.238 e. The summed E-state index contributed by atoms with van der Waals surface area (Å²) in [6, 6.07) is 0. The van der Waals surface area contributed by atoms with E-state index in [2.05, 4.69) is 38.8 Å². The van der Waals surface area contributed by atoms with E-state index >= 15 is 0 Å². The summed E-state index contributed by atoms with van der Waals surface area (Å²) in [7, 11) is -3.03. The van der Waals surface area contributed by atoms with Crippen molar-refractivity contribution in [1.29, 1.82) is 0 Å². The molecular weight excluding hydrogens is 326 g/mol. The molecule has 0 heterocycles. The molecule has 0 saturated carbocycles. The van der Waals surface area contributed by atoms with Gasteiger partial charge >= 0.3 is 8.25 Å². The molecule has 0 aliphatic heterocycles. The molecule has 0 radical (unpaired) electrons. The van der Waals surface area contributed by atoms with Gasteiger partial charge in [-0.05, 0) is 25.7 Å². The second kappa shape index (κ2) is 18.4. The summed E-state index contributed by atoms with van der Waals surface area (Å²) in [5.74, 6) is 0. The Morgan fingerprint density at radius 3 is 1.30 bits per heavy atom. The molecule has 0 aliphatic rings. The van der Waals surface area contributed by atoms with Crippen LogP contribution < -0.4 is 0 Å². The molecule has 0 aromatic rings. The molecule has 138 valence electrons. The van der Waals surface area contributed by atoms with E-state index in [9.17, 15) is 4.57 Å². The Kier molecular flexibility index (Phi) is 20.2. The number of unbranched alkanes of at least 4 members (excludes halogenated alkanes) is 4. The van der Waals surface area contributed by atoms with Gasteiger partial charge in [0.1, 0.15) is 6.26 Å². The molecule has 1 unspecified atom stereocenters. The number of hydrogen-bond acceptors (Lipinski definition) is 2. The molecule has 0 aromatic heterocycles. The first-order chi connectivity index (χ1) is 11.0. The van der Waals surface area contributed by atoms with Crippen molar-refractivity contribution in [2.75, 3.05) is 24.6 Å². The van der Waals surface area contributed by atoms with Gasteiger partial charge in [0.25, 0.3) is 0 Å². The standard InChI is InChI=1S/C16H36P.C2H3O3P/c1-5-9-13-17(14-10-6-2,15-11-7-3)16-12-8-4;1-2-5-6(3)4/h5-16H2,1-4H3;2H,1H2/q+1;/p+1. The molecule has 0 bridgehead atoms. The Morgan fingerprint density at radius 2 is 1.17 bits per heavy atom. The fourth-order valence-corrected chi connectivity index (χ4v) is 8.13. The largest absolute Gasteiger partial charge is 0.746 e. The van der Waals surface area contributed by atoms with Crippen LogP contribution in [-0.2, 0) is 9.09 Å². The Morgan fingerprint density at radius 1 is 0.870 bits per heavy atom. The van der Waals surface area contributed by atoms with Gasteiger partial charge in [0, 0.05) is 11.8 Å². The first-order valence-corrected chi connectivity index (χ1v) is 13.0. The molecule has 5 heteroatoms. The second-order valence-electron chi connectivity index (χ2n) is 6.16. The van der Waals surface area contributed by atoms with Crippen molar-refractivity contribution < 1.29 is 14.0 Å². The maximum absolute atomic E-state index is 9.45. The minimum absolute atomic E-state index is 0.562. The molecule has 0 fully saturated rings. The second-order valence-corrected chi connectivity index (χ2v) is 11.3. The highest BCUT2D eigenvalue weighted by Crippen LogP contribution is 2.61. The average molecular weight is 366 g/mol. The van der Waals surface area contributed by atoms with Gasteiger partial charge in [0.15, 0.2) is 0 Å². The first-order valence-electron chi connectivity index (χ1n) is 9.30. The zero-order chi connectivity index (χ0) is 18.0. The Labute approximate surface area is 146 Å². The van der Waals surface area contributed by atoms with Gasteiger partial charge in [0.2, 0.25) is 0 Å². The molecule has 1 atom stereocenters. The Balaban J connectivity index is 0. The molecule has 1 N–H and O–H groups in total. The molecule has 3 nitrogen and oxygen atoms in total. The van der Waals surface area contributed by atoms with E-state index < -0.39 is 15.5 Å². The quantitative estimate of drug-likeness (QED) is 0.266. The van der Waals surface area contributed by atoms with E-state index in [-0.39, 0.29) is 0 Å². The lowest BCUT2D eigenvalue weighted by atomic mass is 10.4. The van der Waals surface area contributed by atoms with E-state index in [1.165, 1.54) is 51.4 Å². The van der Waals surface area contributed by atoms with Crippen LogP contribution in [-0.4, -0.2) is 29.5 Å². The van der Waals surface area contributed by atoms with Crippen molar-refractivity contribution in [3.05, 3.63) is 12.8 Å². The number of rotatable bonds is 14. The van der Waals surface area contributed by atoms with Crippen LogP contribution in [0.4, 0.5) is 0 Å². The summed E-state index contributed by atoms with van der Waals surface area (Å²) in [6.07, 6.45) is 18.9. The predicted molar refractivity (Wildman–Crippen MR) is 107 cm³/mol. The lowest BCUT2D eigenvalue weighted by Gasteiger charge is -2.28. The maximum atomic E-state index is 9.45. The van der Waals surface area contributed by atoms with Crippen molar-refractivity contribution in [2.45, 2.75) is 79.1 Å². The Bertz CT molecular complexity index is 246. The van der Waals surface area contributed by atoms with E-state index in [1.54, 1.807) is 24.6 Å². The number of hydrogen-bond donors (Lipinski definition) is 1. The summed E-state index contributed by atoms with van der Waals surface area (Å²) in [4.78, 5) is 7.77. The minimum Gasteiger partial charge on any atom is -0.238 e. The molecular formula is C18H40O3P2+2. The van der Waals surface area contributed by atoms with Crippen LogP contribution in [0.2, 0.25) is 0 Å². The third-order valence-electron chi connectivity index (χ3n) is 4.11. The van der Waals surface area contributed by atoms with E-state index in [4.69, 9.17) is 4.89 Å². The summed E-state index contributed by atoms with van der Waals surface area (Å²) in [6.45, 7) is 12.5. The molecule has 0 saturated heterocycles. The minimum atomic E-state index is -2.47. The average Bonchev–Trinajstić information content (AvgIpc) is 2.54. The van der Waals surface area contributed by atoms with Gasteiger partial charge in [-0.15, -0.1) is 4.89 Å². The third kappa shape index (κ3) is 16.7. The predicted octanol–water partition coefficient (Wildman–Crippen LogP) is 7.00. The van der Waals surface area contributed by atoms with Crippen LogP contribution in [0.25, 0.3) is 0 Å². The van der Waals surface area contributed by atoms with E-state index in [0.717, 1.165) is 6.26 Å². The highest BCUT2D eigenvalue weighted by molar-refractivity contribution is 7.75. The van der Waals surface area contributed by atoms with Crippen molar-refractivity contribution in [1.82, 2.24) is 0 Å². The third-order valence-corrected chi connectivity index (χ3v) is 9.50. The van der Waals surface area contributed by atoms with Gasteiger partial charge in [-0.2, -0.15) is 0 Å². The maximum Gasteiger partial charge on any atom is 0.746 e. The molecule has 23 heavy (non-hydrogen) atoms. The van der Waals surface area contributed by atoms with Gasteiger partial charge in [-0.1, -0.05) is 60.0 Å². The SMILES string of the molecule is C=CO[P+](=O)O.CCCC[P+](CCCC)(CCCC)CCCC. The van der Waals surface area contributed by atoms with Crippen LogP contribution >= 0.6 is 15.5 Å². The summed E-state index contributed by atoms with van der Waals surface area (Å²) in [5, 5.41) is 0. The van der Waals surface area contributed by atoms with Crippen molar-refractivity contribution in [2.24, 2.45) is 0 Å². The van der Waals surface area contributed by atoms with Crippen molar-refractivity contribution in [3.8, 4) is 0 Å². The lowest BCUT2D eigenvalue weighted by molar-refractivity contribution is 0.379. The van der Waals surface area contributed by atoms with Gasteiger partial charge in [-0.25, -0.2) is 4.52 Å². The summed E-state index contributed by atoms with van der Waals surface area (Å²) in [5.41, 5.74) is 0. The molecule has 0 aromatic carbocycles. The Hall–Kier alpha value is 0.0300. The molecule has 0 rings (SSSR count). The van der Waals surface area contributed by atoms with Gasteiger partial charge < -0.3 is 0 Å². The summed E-state index contributed by atoms with van der Waals surface area (Å²) >= 11 is 0. The van der Waals surface area contributed by atoms with Crippen molar-refractivity contribution >= 4 is 15.5 Å². The topological polar surface area (TPSA) is 46.5 Å².